The van der Waals surface area contributed by atoms with Crippen LogP contribution in [0.2, 0.25) is 0 Å². The lowest BCUT2D eigenvalue weighted by atomic mass is 10.1. The fraction of sp³-hybridized carbons (Fsp3) is 0.286. The van der Waals surface area contributed by atoms with E-state index in [1.165, 1.54) is 6.33 Å². The highest BCUT2D eigenvalue weighted by Crippen LogP contribution is 2.16. The van der Waals surface area contributed by atoms with Gasteiger partial charge in [0.1, 0.15) is 18.5 Å². The van der Waals surface area contributed by atoms with Crippen molar-refractivity contribution < 1.29 is 4.39 Å². The molecule has 0 amide bonds. The Kier molecular flexibility index (Phi) is 6.37. The van der Waals surface area contributed by atoms with Crippen molar-refractivity contribution in [2.75, 3.05) is 7.05 Å². The molecule has 28 heavy (non-hydrogen) atoms. The maximum Gasteiger partial charge on any atom is 0.191 e. The third-order valence-corrected chi connectivity index (χ3v) is 4.54. The molecule has 6 nitrogen and oxygen atoms in total. The number of aryl methyl sites for hydroxylation is 1. The maximum atomic E-state index is 13.8. The van der Waals surface area contributed by atoms with E-state index < -0.39 is 0 Å². The summed E-state index contributed by atoms with van der Waals surface area (Å²) in [5.41, 5.74) is 3.80. The molecule has 3 aromatic rings. The molecule has 0 saturated heterocycles. The Morgan fingerprint density at radius 1 is 1.21 bits per heavy atom. The summed E-state index contributed by atoms with van der Waals surface area (Å²) >= 11 is 0. The van der Waals surface area contributed by atoms with E-state index in [2.05, 4.69) is 43.9 Å². The van der Waals surface area contributed by atoms with Gasteiger partial charge in [-0.2, -0.15) is 5.10 Å². The summed E-state index contributed by atoms with van der Waals surface area (Å²) in [6, 6.07) is 13.5. The Hall–Kier alpha value is -3.22. The minimum atomic E-state index is -0.196. The van der Waals surface area contributed by atoms with Crippen molar-refractivity contribution >= 4 is 5.96 Å². The fourth-order valence-corrected chi connectivity index (χ4v) is 2.89. The van der Waals surface area contributed by atoms with Crippen molar-refractivity contribution in [2.24, 2.45) is 4.99 Å². The summed E-state index contributed by atoms with van der Waals surface area (Å²) in [7, 11) is 1.72. The Morgan fingerprint density at radius 2 is 2.04 bits per heavy atom. The number of nitrogens with one attached hydrogen (secondary N) is 2. The van der Waals surface area contributed by atoms with Crippen molar-refractivity contribution in [1.82, 2.24) is 25.4 Å². The second kappa shape index (κ2) is 9.12. The first-order valence-corrected chi connectivity index (χ1v) is 9.18. The van der Waals surface area contributed by atoms with Gasteiger partial charge in [-0.1, -0.05) is 36.4 Å². The molecule has 146 valence electrons. The molecule has 1 aromatic heterocycles. The molecule has 3 rings (SSSR count). The van der Waals surface area contributed by atoms with Gasteiger partial charge in [0.15, 0.2) is 5.96 Å². The average Bonchev–Trinajstić information content (AvgIpc) is 3.20. The number of rotatable bonds is 6. The molecule has 0 fully saturated rings. The van der Waals surface area contributed by atoms with E-state index in [-0.39, 0.29) is 11.9 Å². The van der Waals surface area contributed by atoms with E-state index in [0.29, 0.717) is 24.6 Å². The van der Waals surface area contributed by atoms with Gasteiger partial charge in [0.25, 0.3) is 0 Å². The number of benzene rings is 2. The number of aliphatic imine (C=N–C) groups is 1. The van der Waals surface area contributed by atoms with Crippen molar-refractivity contribution in [2.45, 2.75) is 33.0 Å². The van der Waals surface area contributed by atoms with E-state index in [1.54, 1.807) is 37.1 Å². The van der Waals surface area contributed by atoms with Gasteiger partial charge in [0, 0.05) is 13.6 Å². The van der Waals surface area contributed by atoms with Gasteiger partial charge in [-0.15, -0.1) is 0 Å². The van der Waals surface area contributed by atoms with E-state index in [4.69, 9.17) is 0 Å². The van der Waals surface area contributed by atoms with Crippen LogP contribution < -0.4 is 10.6 Å². The highest BCUT2D eigenvalue weighted by molar-refractivity contribution is 5.80. The van der Waals surface area contributed by atoms with E-state index in [1.807, 2.05) is 19.1 Å². The Balaban J connectivity index is 1.58. The lowest BCUT2D eigenvalue weighted by Crippen LogP contribution is -2.38. The van der Waals surface area contributed by atoms with Crippen molar-refractivity contribution in [3.8, 4) is 0 Å². The molecule has 1 atom stereocenters. The molecule has 0 saturated carbocycles. The SMILES string of the molecule is CN=C(NCc1cccc(Cn2cncn2)c1)NC(C)c1ccc(C)c(F)c1. The first kappa shape index (κ1) is 19.5. The topological polar surface area (TPSA) is 67.1 Å². The zero-order valence-corrected chi connectivity index (χ0v) is 16.4. The van der Waals surface area contributed by atoms with E-state index in [0.717, 1.165) is 16.7 Å². The number of hydrogen-bond acceptors (Lipinski definition) is 3. The van der Waals surface area contributed by atoms with Gasteiger partial charge in [-0.3, -0.25) is 4.99 Å². The minimum absolute atomic E-state index is 0.0695. The molecule has 0 radical (unpaired) electrons. The summed E-state index contributed by atoms with van der Waals surface area (Å²) in [6.07, 6.45) is 3.23. The summed E-state index contributed by atoms with van der Waals surface area (Å²) in [5, 5.41) is 10.7. The van der Waals surface area contributed by atoms with Crippen molar-refractivity contribution in [3.05, 3.63) is 83.2 Å². The number of hydrogen-bond donors (Lipinski definition) is 2. The van der Waals surface area contributed by atoms with Crippen LogP contribution in [-0.4, -0.2) is 27.8 Å². The number of halogens is 1. The van der Waals surface area contributed by atoms with Crippen LogP contribution in [-0.2, 0) is 13.1 Å². The smallest absolute Gasteiger partial charge is 0.191 e. The van der Waals surface area contributed by atoms with Gasteiger partial charge >= 0.3 is 0 Å². The zero-order valence-electron chi connectivity index (χ0n) is 16.4. The maximum absolute atomic E-state index is 13.8. The van der Waals surface area contributed by atoms with Crippen molar-refractivity contribution in [1.29, 1.82) is 0 Å². The summed E-state index contributed by atoms with van der Waals surface area (Å²) < 4.78 is 15.6. The van der Waals surface area contributed by atoms with E-state index in [9.17, 15) is 4.39 Å². The molecule has 7 heteroatoms. The lowest BCUT2D eigenvalue weighted by Gasteiger charge is -2.19. The van der Waals surface area contributed by atoms with Crippen LogP contribution in [0.5, 0.6) is 0 Å². The Bertz CT molecular complexity index is 936. The molecule has 1 unspecified atom stereocenters. The molecule has 0 aliphatic carbocycles. The van der Waals surface area contributed by atoms with E-state index >= 15 is 0 Å². The molecule has 2 aromatic carbocycles. The van der Waals surface area contributed by atoms with Gasteiger partial charge in [0.05, 0.1) is 12.6 Å². The highest BCUT2D eigenvalue weighted by Gasteiger charge is 2.10. The second-order valence-electron chi connectivity index (χ2n) is 6.71. The molecule has 2 N–H and O–H groups in total. The second-order valence-corrected chi connectivity index (χ2v) is 6.71. The molecule has 0 bridgehead atoms. The van der Waals surface area contributed by atoms with Crippen LogP contribution in [0.25, 0.3) is 0 Å². The molecule has 0 aliphatic rings. The quantitative estimate of drug-likeness (QED) is 0.509. The molecule has 1 heterocycles. The van der Waals surface area contributed by atoms with Crippen LogP contribution in [0.4, 0.5) is 4.39 Å². The zero-order chi connectivity index (χ0) is 19.9. The molecule has 0 spiro atoms. The van der Waals surface area contributed by atoms with Crippen LogP contribution >= 0.6 is 0 Å². The third-order valence-electron chi connectivity index (χ3n) is 4.54. The van der Waals surface area contributed by atoms with Gasteiger partial charge in [-0.25, -0.2) is 14.1 Å². The standard InChI is InChI=1S/C21H25FN6/c1-15-7-8-19(10-20(15)22)16(2)27-21(23-3)25-11-17-5-4-6-18(9-17)12-28-14-24-13-26-28/h4-10,13-14,16H,11-12H2,1-3H3,(H2,23,25,27). The molecular weight excluding hydrogens is 355 g/mol. The molecule has 0 aliphatic heterocycles. The van der Waals surface area contributed by atoms with Crippen LogP contribution in [0, 0.1) is 12.7 Å². The summed E-state index contributed by atoms with van der Waals surface area (Å²) in [6.45, 7) is 5.04. The van der Waals surface area contributed by atoms with Crippen molar-refractivity contribution in [3.63, 3.8) is 0 Å². The monoisotopic (exact) mass is 380 g/mol. The van der Waals surface area contributed by atoms with Crippen LogP contribution in [0.1, 0.15) is 35.2 Å². The fourth-order valence-electron chi connectivity index (χ4n) is 2.89. The summed E-state index contributed by atoms with van der Waals surface area (Å²) in [4.78, 5) is 8.24. The van der Waals surface area contributed by atoms with Gasteiger partial charge < -0.3 is 10.6 Å². The average molecular weight is 380 g/mol. The van der Waals surface area contributed by atoms with Gasteiger partial charge in [-0.05, 0) is 42.2 Å². The minimum Gasteiger partial charge on any atom is -0.352 e. The number of aromatic nitrogens is 3. The largest absolute Gasteiger partial charge is 0.352 e. The first-order valence-electron chi connectivity index (χ1n) is 9.18. The Morgan fingerprint density at radius 3 is 2.75 bits per heavy atom. The summed E-state index contributed by atoms with van der Waals surface area (Å²) in [5.74, 6) is 0.466. The number of nitrogens with zero attached hydrogens (tertiary/aromatic N) is 4. The predicted molar refractivity (Wildman–Crippen MR) is 108 cm³/mol. The van der Waals surface area contributed by atoms with Gasteiger partial charge in [0.2, 0.25) is 0 Å². The lowest BCUT2D eigenvalue weighted by molar-refractivity contribution is 0.607. The normalized spacial score (nSPS) is 12.6. The van der Waals surface area contributed by atoms with Crippen LogP contribution in [0.3, 0.4) is 0 Å². The highest BCUT2D eigenvalue weighted by atomic mass is 19.1. The Labute approximate surface area is 164 Å². The first-order chi connectivity index (χ1) is 13.5. The third kappa shape index (κ3) is 5.16. The number of guanidine groups is 1. The molecular formula is C21H25FN6. The predicted octanol–water partition coefficient (Wildman–Crippen LogP) is 3.20. The van der Waals surface area contributed by atoms with Crippen LogP contribution in [0.15, 0.2) is 60.1 Å².